The lowest BCUT2D eigenvalue weighted by Gasteiger charge is -2.04. The van der Waals surface area contributed by atoms with Crippen molar-refractivity contribution in [2.75, 3.05) is 11.9 Å². The maximum Gasteiger partial charge on any atom is 0.257 e. The van der Waals surface area contributed by atoms with Crippen molar-refractivity contribution in [3.8, 4) is 5.75 Å². The Morgan fingerprint density at radius 2 is 2.11 bits per heavy atom. The molecule has 0 fully saturated rings. The van der Waals surface area contributed by atoms with E-state index < -0.39 is 0 Å². The number of benzene rings is 1. The molecular weight excluding hydrogens is 250 g/mol. The molecule has 0 aliphatic carbocycles. The number of nitrogens with zero attached hydrogens (tertiary/aromatic N) is 2. The third kappa shape index (κ3) is 3.04. The van der Waals surface area contributed by atoms with Crippen LogP contribution >= 0.6 is 11.5 Å². The van der Waals surface area contributed by atoms with Gasteiger partial charge >= 0.3 is 0 Å². The van der Waals surface area contributed by atoms with Gasteiger partial charge < -0.3 is 4.74 Å². The fraction of sp³-hybridized carbons (Fsp3) is 0.250. The topological polar surface area (TPSA) is 64.1 Å². The molecule has 2 aromatic rings. The monoisotopic (exact) mass is 263 g/mol. The summed E-state index contributed by atoms with van der Waals surface area (Å²) >= 11 is 1.17. The van der Waals surface area contributed by atoms with Gasteiger partial charge in [0.15, 0.2) is 0 Å². The number of aryl methyl sites for hydroxylation is 1. The van der Waals surface area contributed by atoms with Crippen LogP contribution in [0.3, 0.4) is 0 Å². The zero-order valence-electron chi connectivity index (χ0n) is 10.1. The molecule has 1 heterocycles. The highest BCUT2D eigenvalue weighted by molar-refractivity contribution is 7.09. The summed E-state index contributed by atoms with van der Waals surface area (Å²) in [6, 6.07) is 6.97. The number of ether oxygens (including phenoxy) is 1. The van der Waals surface area contributed by atoms with Gasteiger partial charge in [0.25, 0.3) is 5.91 Å². The summed E-state index contributed by atoms with van der Waals surface area (Å²) in [5, 5.41) is 3.20. The van der Waals surface area contributed by atoms with Gasteiger partial charge in [-0.1, -0.05) is 0 Å². The predicted octanol–water partition coefficient (Wildman–Crippen LogP) is 2.50. The number of aromatic nitrogens is 2. The molecule has 2 rings (SSSR count). The number of amides is 1. The minimum absolute atomic E-state index is 0.200. The molecule has 0 radical (unpaired) electrons. The standard InChI is InChI=1S/C12H13N3O2S/c1-3-17-10-6-4-9(5-7-10)11(16)14-12-13-8(2)15-18-12/h4-7H,3H2,1-2H3,(H,13,14,15,16). The third-order valence-corrected chi connectivity index (χ3v) is 2.90. The second-order valence-corrected chi connectivity index (χ2v) is 4.31. The molecule has 1 amide bonds. The van der Waals surface area contributed by atoms with Gasteiger partial charge in [-0.25, -0.2) is 4.98 Å². The first-order chi connectivity index (χ1) is 8.69. The minimum atomic E-state index is -0.200. The van der Waals surface area contributed by atoms with E-state index >= 15 is 0 Å². The van der Waals surface area contributed by atoms with Crippen LogP contribution in [0.1, 0.15) is 23.1 Å². The number of nitrogens with one attached hydrogen (secondary N) is 1. The van der Waals surface area contributed by atoms with Crippen LogP contribution in [0, 0.1) is 6.92 Å². The zero-order chi connectivity index (χ0) is 13.0. The summed E-state index contributed by atoms with van der Waals surface area (Å²) in [6.07, 6.45) is 0. The van der Waals surface area contributed by atoms with Crippen molar-refractivity contribution in [1.29, 1.82) is 0 Å². The fourth-order valence-corrected chi connectivity index (χ4v) is 1.96. The SMILES string of the molecule is CCOc1ccc(C(=O)Nc2nc(C)ns2)cc1. The largest absolute Gasteiger partial charge is 0.494 e. The maximum absolute atomic E-state index is 11.9. The average molecular weight is 263 g/mol. The Kier molecular flexibility index (Phi) is 3.88. The molecule has 18 heavy (non-hydrogen) atoms. The summed E-state index contributed by atoms with van der Waals surface area (Å²) in [7, 11) is 0. The van der Waals surface area contributed by atoms with E-state index in [-0.39, 0.29) is 5.91 Å². The fourth-order valence-electron chi connectivity index (χ4n) is 1.39. The van der Waals surface area contributed by atoms with Crippen molar-refractivity contribution >= 4 is 22.6 Å². The van der Waals surface area contributed by atoms with Crippen LogP contribution in [0.4, 0.5) is 5.13 Å². The Bertz CT molecular complexity index is 537. The molecule has 1 N–H and O–H groups in total. The van der Waals surface area contributed by atoms with E-state index in [0.29, 0.717) is 23.1 Å². The molecule has 1 aromatic heterocycles. The zero-order valence-corrected chi connectivity index (χ0v) is 11.0. The molecule has 0 saturated carbocycles. The predicted molar refractivity (Wildman–Crippen MR) is 70.2 cm³/mol. The van der Waals surface area contributed by atoms with Gasteiger partial charge in [0.05, 0.1) is 6.61 Å². The van der Waals surface area contributed by atoms with Gasteiger partial charge in [-0.3, -0.25) is 10.1 Å². The van der Waals surface area contributed by atoms with Crippen LogP contribution in [0.15, 0.2) is 24.3 Å². The lowest BCUT2D eigenvalue weighted by atomic mass is 10.2. The molecule has 0 unspecified atom stereocenters. The highest BCUT2D eigenvalue weighted by Gasteiger charge is 2.08. The van der Waals surface area contributed by atoms with Crippen molar-refractivity contribution in [2.24, 2.45) is 0 Å². The lowest BCUT2D eigenvalue weighted by Crippen LogP contribution is -2.11. The molecule has 5 nitrogen and oxygen atoms in total. The molecule has 1 aromatic carbocycles. The molecular formula is C12H13N3O2S. The Morgan fingerprint density at radius 1 is 1.39 bits per heavy atom. The Morgan fingerprint density at radius 3 is 2.67 bits per heavy atom. The van der Waals surface area contributed by atoms with Crippen LogP contribution in [-0.4, -0.2) is 21.9 Å². The van der Waals surface area contributed by atoms with E-state index in [0.717, 1.165) is 5.75 Å². The van der Waals surface area contributed by atoms with Crippen LogP contribution in [0.2, 0.25) is 0 Å². The first-order valence-electron chi connectivity index (χ1n) is 5.53. The van der Waals surface area contributed by atoms with Gasteiger partial charge in [-0.2, -0.15) is 4.37 Å². The number of hydrogen-bond donors (Lipinski definition) is 1. The molecule has 0 aliphatic heterocycles. The van der Waals surface area contributed by atoms with Crippen molar-refractivity contribution < 1.29 is 9.53 Å². The average Bonchev–Trinajstić information content (AvgIpc) is 2.76. The van der Waals surface area contributed by atoms with E-state index in [1.807, 2.05) is 6.92 Å². The maximum atomic E-state index is 11.9. The number of carbonyl (C=O) groups excluding carboxylic acids is 1. The summed E-state index contributed by atoms with van der Waals surface area (Å²) in [4.78, 5) is 16.0. The molecule has 0 atom stereocenters. The van der Waals surface area contributed by atoms with Crippen LogP contribution < -0.4 is 10.1 Å². The van der Waals surface area contributed by atoms with Crippen molar-refractivity contribution in [3.63, 3.8) is 0 Å². The van der Waals surface area contributed by atoms with Gasteiger partial charge in [-0.15, -0.1) is 0 Å². The quantitative estimate of drug-likeness (QED) is 0.920. The van der Waals surface area contributed by atoms with Crippen LogP contribution in [0.25, 0.3) is 0 Å². The minimum Gasteiger partial charge on any atom is -0.494 e. The van der Waals surface area contributed by atoms with E-state index in [4.69, 9.17) is 4.74 Å². The van der Waals surface area contributed by atoms with Crippen LogP contribution in [-0.2, 0) is 0 Å². The van der Waals surface area contributed by atoms with Crippen molar-refractivity contribution in [3.05, 3.63) is 35.7 Å². The van der Waals surface area contributed by atoms with E-state index in [2.05, 4.69) is 14.7 Å². The molecule has 6 heteroatoms. The summed E-state index contributed by atoms with van der Waals surface area (Å²) in [5.74, 6) is 1.21. The van der Waals surface area contributed by atoms with Crippen molar-refractivity contribution in [1.82, 2.24) is 9.36 Å². The highest BCUT2D eigenvalue weighted by atomic mass is 32.1. The Labute approximate surface area is 109 Å². The molecule has 0 spiro atoms. The van der Waals surface area contributed by atoms with Gasteiger partial charge in [0.1, 0.15) is 11.6 Å². The van der Waals surface area contributed by atoms with Gasteiger partial charge in [0.2, 0.25) is 5.13 Å². The molecule has 0 bridgehead atoms. The first-order valence-corrected chi connectivity index (χ1v) is 6.31. The van der Waals surface area contributed by atoms with Crippen molar-refractivity contribution in [2.45, 2.75) is 13.8 Å². The number of rotatable bonds is 4. The third-order valence-electron chi connectivity index (χ3n) is 2.18. The number of anilines is 1. The summed E-state index contributed by atoms with van der Waals surface area (Å²) in [5.41, 5.74) is 0.561. The molecule has 0 saturated heterocycles. The van der Waals surface area contributed by atoms with Crippen LogP contribution in [0.5, 0.6) is 5.75 Å². The van der Waals surface area contributed by atoms with E-state index in [1.54, 1.807) is 31.2 Å². The molecule has 94 valence electrons. The first kappa shape index (κ1) is 12.5. The second-order valence-electron chi connectivity index (χ2n) is 3.56. The highest BCUT2D eigenvalue weighted by Crippen LogP contribution is 2.15. The van der Waals surface area contributed by atoms with Gasteiger partial charge in [0, 0.05) is 17.1 Å². The summed E-state index contributed by atoms with van der Waals surface area (Å²) in [6.45, 7) is 4.30. The number of carbonyl (C=O) groups is 1. The van der Waals surface area contributed by atoms with Gasteiger partial charge in [-0.05, 0) is 38.1 Å². The smallest absolute Gasteiger partial charge is 0.257 e. The normalized spacial score (nSPS) is 10.1. The number of hydrogen-bond acceptors (Lipinski definition) is 5. The Balaban J connectivity index is 2.04. The second kappa shape index (κ2) is 5.59. The van der Waals surface area contributed by atoms with E-state index in [9.17, 15) is 4.79 Å². The van der Waals surface area contributed by atoms with E-state index in [1.165, 1.54) is 11.5 Å². The lowest BCUT2D eigenvalue weighted by molar-refractivity contribution is 0.102. The molecule has 0 aliphatic rings. The Hall–Kier alpha value is -1.95. The summed E-state index contributed by atoms with van der Waals surface area (Å²) < 4.78 is 9.31.